The Kier molecular flexibility index (Phi) is 8.01. The molecule has 1 aromatic carbocycles. The number of pyridine rings is 1. The van der Waals surface area contributed by atoms with Crippen LogP contribution in [0, 0.1) is 30.5 Å². The quantitative estimate of drug-likeness (QED) is 0.508. The van der Waals surface area contributed by atoms with Crippen molar-refractivity contribution in [1.82, 2.24) is 19.7 Å². The molecule has 36 heavy (non-hydrogen) atoms. The van der Waals surface area contributed by atoms with Crippen LogP contribution in [0.3, 0.4) is 0 Å². The van der Waals surface area contributed by atoms with Crippen LogP contribution in [0.25, 0.3) is 0 Å². The maximum atomic E-state index is 13.3. The van der Waals surface area contributed by atoms with Crippen LogP contribution in [0.4, 0.5) is 10.2 Å². The van der Waals surface area contributed by atoms with Crippen LogP contribution in [0.5, 0.6) is 0 Å². The first-order valence-electron chi connectivity index (χ1n) is 11.8. The number of benzene rings is 1. The van der Waals surface area contributed by atoms with Gasteiger partial charge in [-0.05, 0) is 61.9 Å². The highest BCUT2D eigenvalue weighted by molar-refractivity contribution is 6.34. The number of carbonyl (C=O) groups excluding carboxylic acids is 2. The standard InChI is InChI=1S/C27H27ClFN5O2/c1-18-14-22(7-6-21-4-3-5-23(29)15-21)16-30-26(18)32-27(36)25-24(28)17-31-34(25)13-10-20-8-11-33(12-9-20)19(2)35/h3-5,14-17,20H,8-13H2,1-2H3,(H,30,32,36). The van der Waals surface area contributed by atoms with Gasteiger partial charge in [0.05, 0.1) is 11.2 Å². The van der Waals surface area contributed by atoms with Gasteiger partial charge >= 0.3 is 0 Å². The zero-order valence-electron chi connectivity index (χ0n) is 20.2. The lowest BCUT2D eigenvalue weighted by Gasteiger charge is -2.31. The molecule has 0 radical (unpaired) electrons. The van der Waals surface area contributed by atoms with E-state index in [9.17, 15) is 14.0 Å². The minimum Gasteiger partial charge on any atom is -0.343 e. The van der Waals surface area contributed by atoms with Gasteiger partial charge in [0.2, 0.25) is 5.91 Å². The summed E-state index contributed by atoms with van der Waals surface area (Å²) in [5.74, 6) is 6.12. The SMILES string of the molecule is CC(=O)N1CCC(CCn2ncc(Cl)c2C(=O)Nc2ncc(C#Cc3cccc(F)c3)cc2C)CC1. The van der Waals surface area contributed by atoms with Crippen LogP contribution < -0.4 is 5.32 Å². The van der Waals surface area contributed by atoms with E-state index < -0.39 is 5.91 Å². The van der Waals surface area contributed by atoms with Crippen LogP contribution >= 0.6 is 11.6 Å². The number of anilines is 1. The molecular formula is C27H27ClFN5O2. The van der Waals surface area contributed by atoms with Crippen molar-refractivity contribution >= 4 is 29.2 Å². The number of rotatable bonds is 5. The van der Waals surface area contributed by atoms with E-state index in [0.717, 1.165) is 37.9 Å². The first kappa shape index (κ1) is 25.4. The van der Waals surface area contributed by atoms with E-state index in [2.05, 4.69) is 27.2 Å². The molecule has 1 fully saturated rings. The fourth-order valence-electron chi connectivity index (χ4n) is 4.25. The van der Waals surface area contributed by atoms with Crippen molar-refractivity contribution in [3.05, 3.63) is 75.9 Å². The second kappa shape index (κ2) is 11.4. The van der Waals surface area contributed by atoms with E-state index in [4.69, 9.17) is 11.6 Å². The van der Waals surface area contributed by atoms with Crippen LogP contribution in [-0.2, 0) is 11.3 Å². The zero-order valence-corrected chi connectivity index (χ0v) is 21.0. The minimum atomic E-state index is -0.391. The Hall–Kier alpha value is -3.70. The van der Waals surface area contributed by atoms with E-state index in [1.807, 2.05) is 11.8 Å². The van der Waals surface area contributed by atoms with Gasteiger partial charge in [-0.3, -0.25) is 14.3 Å². The average molecular weight is 508 g/mol. The Bertz CT molecular complexity index is 1340. The Morgan fingerprint density at radius 1 is 1.17 bits per heavy atom. The molecule has 1 aliphatic rings. The Balaban J connectivity index is 1.39. The number of nitrogens with one attached hydrogen (secondary N) is 1. The third kappa shape index (κ3) is 6.29. The molecule has 0 saturated carbocycles. The van der Waals surface area contributed by atoms with Crippen molar-refractivity contribution in [2.24, 2.45) is 5.92 Å². The number of carbonyl (C=O) groups is 2. The molecule has 0 bridgehead atoms. The Labute approximate surface area is 214 Å². The van der Waals surface area contributed by atoms with Crippen molar-refractivity contribution in [2.45, 2.75) is 39.7 Å². The lowest BCUT2D eigenvalue weighted by Crippen LogP contribution is -2.37. The van der Waals surface area contributed by atoms with Gasteiger partial charge in [0.1, 0.15) is 17.3 Å². The van der Waals surface area contributed by atoms with Crippen molar-refractivity contribution in [1.29, 1.82) is 0 Å². The molecule has 1 aliphatic heterocycles. The van der Waals surface area contributed by atoms with E-state index in [1.54, 1.807) is 36.0 Å². The lowest BCUT2D eigenvalue weighted by atomic mass is 9.93. The smallest absolute Gasteiger partial charge is 0.276 e. The average Bonchev–Trinajstić information content (AvgIpc) is 3.23. The van der Waals surface area contributed by atoms with Gasteiger partial charge in [0, 0.05) is 43.9 Å². The second-order valence-electron chi connectivity index (χ2n) is 8.91. The summed E-state index contributed by atoms with van der Waals surface area (Å²) in [5, 5.41) is 7.39. The maximum absolute atomic E-state index is 13.3. The molecule has 2 aromatic heterocycles. The molecule has 4 rings (SSSR count). The highest BCUT2D eigenvalue weighted by Crippen LogP contribution is 2.24. The summed E-state index contributed by atoms with van der Waals surface area (Å²) in [6.45, 7) is 5.51. The first-order chi connectivity index (χ1) is 17.3. The molecule has 0 spiro atoms. The number of piperidine rings is 1. The van der Waals surface area contributed by atoms with Gasteiger partial charge in [0.15, 0.2) is 0 Å². The molecule has 3 heterocycles. The molecule has 0 aliphatic carbocycles. The summed E-state index contributed by atoms with van der Waals surface area (Å²) in [6, 6.07) is 7.87. The highest BCUT2D eigenvalue weighted by Gasteiger charge is 2.23. The van der Waals surface area contributed by atoms with E-state index >= 15 is 0 Å². The summed E-state index contributed by atoms with van der Waals surface area (Å²) < 4.78 is 15.0. The maximum Gasteiger partial charge on any atom is 0.276 e. The van der Waals surface area contributed by atoms with Gasteiger partial charge in [-0.1, -0.05) is 29.5 Å². The molecule has 0 unspecified atom stereocenters. The van der Waals surface area contributed by atoms with Gasteiger partial charge in [-0.25, -0.2) is 9.37 Å². The van der Waals surface area contributed by atoms with Crippen LogP contribution in [0.2, 0.25) is 5.02 Å². The van der Waals surface area contributed by atoms with Crippen LogP contribution in [-0.4, -0.2) is 44.6 Å². The summed E-state index contributed by atoms with van der Waals surface area (Å²) >= 11 is 6.30. The molecule has 3 aromatic rings. The number of hydrogen-bond acceptors (Lipinski definition) is 4. The molecule has 9 heteroatoms. The zero-order chi connectivity index (χ0) is 25.7. The normalized spacial score (nSPS) is 13.7. The molecule has 186 valence electrons. The molecule has 0 atom stereocenters. The Morgan fingerprint density at radius 2 is 1.92 bits per heavy atom. The van der Waals surface area contributed by atoms with Gasteiger partial charge in [-0.15, -0.1) is 0 Å². The van der Waals surface area contributed by atoms with Gasteiger partial charge in [0.25, 0.3) is 5.91 Å². The van der Waals surface area contributed by atoms with Gasteiger partial charge < -0.3 is 10.2 Å². The molecular weight excluding hydrogens is 481 g/mol. The van der Waals surface area contributed by atoms with Gasteiger partial charge in [-0.2, -0.15) is 5.10 Å². The molecule has 2 amide bonds. The second-order valence-corrected chi connectivity index (χ2v) is 9.31. The number of amides is 2. The number of hydrogen-bond donors (Lipinski definition) is 1. The molecule has 7 nitrogen and oxygen atoms in total. The predicted octanol–water partition coefficient (Wildman–Crippen LogP) is 4.68. The fraction of sp³-hybridized carbons (Fsp3) is 0.333. The number of aryl methyl sites for hydroxylation is 2. The molecule has 1 saturated heterocycles. The van der Waals surface area contributed by atoms with E-state index in [-0.39, 0.29) is 22.4 Å². The van der Waals surface area contributed by atoms with Crippen molar-refractivity contribution in [3.8, 4) is 11.8 Å². The van der Waals surface area contributed by atoms with Crippen LogP contribution in [0.1, 0.15) is 53.4 Å². The first-order valence-corrected chi connectivity index (χ1v) is 12.2. The number of nitrogens with zero attached hydrogens (tertiary/aromatic N) is 4. The minimum absolute atomic E-state index is 0.113. The highest BCUT2D eigenvalue weighted by atomic mass is 35.5. The number of halogens is 2. The monoisotopic (exact) mass is 507 g/mol. The van der Waals surface area contributed by atoms with E-state index in [0.29, 0.717) is 29.4 Å². The van der Waals surface area contributed by atoms with Crippen molar-refractivity contribution < 1.29 is 14.0 Å². The molecule has 1 N–H and O–H groups in total. The third-order valence-electron chi connectivity index (χ3n) is 6.30. The fourth-order valence-corrected chi connectivity index (χ4v) is 4.48. The van der Waals surface area contributed by atoms with Crippen molar-refractivity contribution in [3.63, 3.8) is 0 Å². The predicted molar refractivity (Wildman–Crippen MR) is 136 cm³/mol. The summed E-state index contributed by atoms with van der Waals surface area (Å²) in [4.78, 5) is 30.8. The van der Waals surface area contributed by atoms with E-state index in [1.165, 1.54) is 18.3 Å². The number of likely N-dealkylation sites (tertiary alicyclic amines) is 1. The third-order valence-corrected chi connectivity index (χ3v) is 6.58. The summed E-state index contributed by atoms with van der Waals surface area (Å²) in [6.07, 6.45) is 5.75. The topological polar surface area (TPSA) is 80.1 Å². The lowest BCUT2D eigenvalue weighted by molar-refractivity contribution is -0.130. The Morgan fingerprint density at radius 3 is 2.61 bits per heavy atom. The van der Waals surface area contributed by atoms with Crippen LogP contribution in [0.15, 0.2) is 42.7 Å². The summed E-state index contributed by atoms with van der Waals surface area (Å²) in [7, 11) is 0. The summed E-state index contributed by atoms with van der Waals surface area (Å²) in [5.41, 5.74) is 2.23. The number of aromatic nitrogens is 3. The van der Waals surface area contributed by atoms with Crippen molar-refractivity contribution in [2.75, 3.05) is 18.4 Å². The largest absolute Gasteiger partial charge is 0.343 e.